The Hall–Kier alpha value is -2.18. The van der Waals surface area contributed by atoms with E-state index in [1.54, 1.807) is 26.2 Å². The van der Waals surface area contributed by atoms with Gasteiger partial charge in [-0.25, -0.2) is 4.79 Å². The Labute approximate surface area is 148 Å². The molecule has 0 saturated carbocycles. The fourth-order valence-electron chi connectivity index (χ4n) is 1.93. The summed E-state index contributed by atoms with van der Waals surface area (Å²) in [5, 5.41) is 0. The Morgan fingerprint density at radius 2 is 1.84 bits per heavy atom. The Morgan fingerprint density at radius 1 is 1.08 bits per heavy atom. The number of benzene rings is 1. The minimum atomic E-state index is -0.428. The van der Waals surface area contributed by atoms with Crippen molar-refractivity contribution in [3.8, 4) is 0 Å². The van der Waals surface area contributed by atoms with Gasteiger partial charge >= 0.3 is 11.9 Å². The smallest absolute Gasteiger partial charge is 0.340 e. The van der Waals surface area contributed by atoms with Crippen molar-refractivity contribution >= 4 is 18.0 Å². The summed E-state index contributed by atoms with van der Waals surface area (Å²) in [6.07, 6.45) is 5.92. The first-order valence-electron chi connectivity index (χ1n) is 8.33. The van der Waals surface area contributed by atoms with Crippen LogP contribution in [-0.4, -0.2) is 45.7 Å². The van der Waals surface area contributed by atoms with Crippen LogP contribution in [0.5, 0.6) is 0 Å². The summed E-state index contributed by atoms with van der Waals surface area (Å²) in [7, 11) is 1.58. The number of rotatable bonds is 12. The Kier molecular flexibility index (Phi) is 11.0. The van der Waals surface area contributed by atoms with Crippen LogP contribution < -0.4 is 0 Å². The van der Waals surface area contributed by atoms with Crippen LogP contribution in [0.15, 0.2) is 30.3 Å². The van der Waals surface area contributed by atoms with Crippen LogP contribution in [-0.2, 0) is 23.7 Å². The van der Waals surface area contributed by atoms with E-state index in [4.69, 9.17) is 18.9 Å². The van der Waals surface area contributed by atoms with Crippen LogP contribution in [0, 0.1) is 0 Å². The molecule has 0 spiro atoms. The number of carbonyl (C=O) groups excluding carboxylic acids is 2. The summed E-state index contributed by atoms with van der Waals surface area (Å²) >= 11 is 0. The van der Waals surface area contributed by atoms with Crippen molar-refractivity contribution in [3.05, 3.63) is 41.5 Å². The highest BCUT2D eigenvalue weighted by atomic mass is 16.7. The van der Waals surface area contributed by atoms with Crippen molar-refractivity contribution in [2.24, 2.45) is 0 Å². The van der Waals surface area contributed by atoms with Gasteiger partial charge in [0.25, 0.3) is 0 Å². The molecule has 1 rings (SSSR count). The molecular weight excluding hydrogens is 324 g/mol. The van der Waals surface area contributed by atoms with Gasteiger partial charge in [0.1, 0.15) is 0 Å². The summed E-state index contributed by atoms with van der Waals surface area (Å²) < 4.78 is 19.8. The number of carbonyl (C=O) groups is 2. The van der Waals surface area contributed by atoms with Crippen LogP contribution in [0.1, 0.15) is 42.1 Å². The predicted octanol–water partition coefficient (Wildman–Crippen LogP) is 3.21. The molecule has 0 atom stereocenters. The summed E-state index contributed by atoms with van der Waals surface area (Å²) in [5.74, 6) is -0.590. The van der Waals surface area contributed by atoms with Gasteiger partial charge in [-0.1, -0.05) is 24.3 Å². The number of allylic oxidation sites excluding steroid dienone is 1. The average molecular weight is 350 g/mol. The molecular formula is C19H26O6. The highest BCUT2D eigenvalue weighted by Gasteiger charge is 2.06. The lowest BCUT2D eigenvalue weighted by Crippen LogP contribution is -2.11. The predicted molar refractivity (Wildman–Crippen MR) is 94.1 cm³/mol. The monoisotopic (exact) mass is 350 g/mol. The van der Waals surface area contributed by atoms with Gasteiger partial charge in [0.15, 0.2) is 6.79 Å². The van der Waals surface area contributed by atoms with E-state index in [0.717, 1.165) is 18.4 Å². The van der Waals surface area contributed by atoms with Crippen LogP contribution in [0.4, 0.5) is 0 Å². The fourth-order valence-corrected chi connectivity index (χ4v) is 1.93. The van der Waals surface area contributed by atoms with Crippen molar-refractivity contribution < 1.29 is 28.5 Å². The summed E-state index contributed by atoms with van der Waals surface area (Å²) in [4.78, 5) is 23.0. The number of unbranched alkanes of at least 4 members (excludes halogenated alkanes) is 1. The third-order valence-corrected chi connectivity index (χ3v) is 3.22. The Bertz CT molecular complexity index is 535. The van der Waals surface area contributed by atoms with Crippen LogP contribution in [0.3, 0.4) is 0 Å². The second-order valence-corrected chi connectivity index (χ2v) is 5.17. The largest absolute Gasteiger partial charge is 0.466 e. The highest BCUT2D eigenvalue weighted by molar-refractivity contribution is 5.89. The second-order valence-electron chi connectivity index (χ2n) is 5.17. The molecule has 0 aliphatic carbocycles. The number of hydrogen-bond acceptors (Lipinski definition) is 6. The molecule has 0 amide bonds. The van der Waals surface area contributed by atoms with Gasteiger partial charge in [-0.15, -0.1) is 0 Å². The van der Waals surface area contributed by atoms with Gasteiger partial charge in [0.05, 0.1) is 25.4 Å². The molecule has 0 N–H and O–H groups in total. The first-order valence-corrected chi connectivity index (χ1v) is 8.33. The number of hydrogen-bond donors (Lipinski definition) is 0. The quantitative estimate of drug-likeness (QED) is 0.327. The van der Waals surface area contributed by atoms with Crippen LogP contribution >= 0.6 is 0 Å². The maximum atomic E-state index is 11.8. The zero-order valence-corrected chi connectivity index (χ0v) is 14.9. The number of esters is 2. The molecule has 0 aliphatic heterocycles. The van der Waals surface area contributed by atoms with Gasteiger partial charge in [-0.3, -0.25) is 4.79 Å². The molecule has 0 bridgehead atoms. The SMILES string of the molecule is CCOC(=O)CCC/C=C/c1ccc(C(=O)OCOCCOC)cc1. The van der Waals surface area contributed by atoms with E-state index in [0.29, 0.717) is 31.8 Å². The minimum Gasteiger partial charge on any atom is -0.466 e. The molecule has 0 fully saturated rings. The molecule has 0 unspecified atom stereocenters. The van der Waals surface area contributed by atoms with Crippen molar-refractivity contribution in [1.82, 2.24) is 0 Å². The zero-order chi connectivity index (χ0) is 18.3. The van der Waals surface area contributed by atoms with Crippen molar-refractivity contribution in [2.45, 2.75) is 26.2 Å². The Morgan fingerprint density at radius 3 is 2.52 bits per heavy atom. The van der Waals surface area contributed by atoms with E-state index in [-0.39, 0.29) is 12.8 Å². The van der Waals surface area contributed by atoms with E-state index in [9.17, 15) is 9.59 Å². The molecule has 0 heterocycles. The van der Waals surface area contributed by atoms with Crippen molar-refractivity contribution in [3.63, 3.8) is 0 Å². The molecule has 0 saturated heterocycles. The topological polar surface area (TPSA) is 71.1 Å². The number of methoxy groups -OCH3 is 1. The molecule has 6 nitrogen and oxygen atoms in total. The van der Waals surface area contributed by atoms with Crippen molar-refractivity contribution in [1.29, 1.82) is 0 Å². The molecule has 0 aromatic heterocycles. The summed E-state index contributed by atoms with van der Waals surface area (Å²) in [5.41, 5.74) is 1.44. The van der Waals surface area contributed by atoms with Crippen molar-refractivity contribution in [2.75, 3.05) is 33.7 Å². The van der Waals surface area contributed by atoms with Gasteiger partial charge in [0, 0.05) is 13.5 Å². The molecule has 6 heteroatoms. The van der Waals surface area contributed by atoms with Crippen LogP contribution in [0.2, 0.25) is 0 Å². The maximum Gasteiger partial charge on any atom is 0.340 e. The standard InChI is InChI=1S/C19H26O6/c1-3-24-18(20)8-6-4-5-7-16-9-11-17(12-10-16)19(21)25-15-23-14-13-22-2/h5,7,9-12H,3-4,6,8,13-15H2,1-2H3/b7-5+. The molecule has 138 valence electrons. The van der Waals surface area contributed by atoms with Crippen LogP contribution in [0.25, 0.3) is 6.08 Å². The first kappa shape index (κ1) is 20.9. The maximum absolute atomic E-state index is 11.8. The van der Waals surface area contributed by atoms with E-state index in [2.05, 4.69) is 0 Å². The van der Waals surface area contributed by atoms with E-state index < -0.39 is 5.97 Å². The third-order valence-electron chi connectivity index (χ3n) is 3.22. The second kappa shape index (κ2) is 13.1. The third kappa shape index (κ3) is 9.64. The van der Waals surface area contributed by atoms with E-state index >= 15 is 0 Å². The van der Waals surface area contributed by atoms with Gasteiger partial charge in [-0.2, -0.15) is 0 Å². The lowest BCUT2D eigenvalue weighted by atomic mass is 10.1. The van der Waals surface area contributed by atoms with E-state index in [1.165, 1.54) is 0 Å². The normalized spacial score (nSPS) is 10.8. The van der Waals surface area contributed by atoms with Gasteiger partial charge in [-0.05, 0) is 37.5 Å². The average Bonchev–Trinajstić information content (AvgIpc) is 2.62. The lowest BCUT2D eigenvalue weighted by molar-refractivity contribution is -0.143. The van der Waals surface area contributed by atoms with Gasteiger partial charge < -0.3 is 18.9 Å². The summed E-state index contributed by atoms with van der Waals surface area (Å²) in [6, 6.07) is 7.08. The molecule has 0 aliphatic rings. The molecule has 1 aromatic rings. The Balaban J connectivity index is 2.29. The van der Waals surface area contributed by atoms with E-state index in [1.807, 2.05) is 24.3 Å². The molecule has 25 heavy (non-hydrogen) atoms. The number of ether oxygens (including phenoxy) is 4. The lowest BCUT2D eigenvalue weighted by Gasteiger charge is -2.06. The summed E-state index contributed by atoms with van der Waals surface area (Å²) in [6.45, 7) is 2.96. The molecule has 0 radical (unpaired) electrons. The minimum absolute atomic E-state index is 0.0929. The molecule has 1 aromatic carbocycles. The first-order chi connectivity index (χ1) is 12.2. The van der Waals surface area contributed by atoms with Gasteiger partial charge in [0.2, 0.25) is 0 Å². The highest BCUT2D eigenvalue weighted by Crippen LogP contribution is 2.09. The fraction of sp³-hybridized carbons (Fsp3) is 0.474. The zero-order valence-electron chi connectivity index (χ0n) is 14.9.